The first-order chi connectivity index (χ1) is 9.31. The number of hydrogen-bond donors (Lipinski definition) is 0. The van der Waals surface area contributed by atoms with Crippen LogP contribution in [0.1, 0.15) is 26.2 Å². The molecule has 0 bridgehead atoms. The Kier molecular flexibility index (Phi) is 5.14. The molecule has 0 atom stereocenters. The fourth-order valence-corrected chi connectivity index (χ4v) is 3.47. The number of rotatable bonds is 7. The number of unbranched alkanes of at least 4 members (excludes halogenated alkanes) is 2. The molecule has 0 heterocycles. The van der Waals surface area contributed by atoms with Crippen LogP contribution in [0.5, 0.6) is 0 Å². The molecular weight excluding hydrogens is 288 g/mol. The van der Waals surface area contributed by atoms with Gasteiger partial charge in [0.2, 0.25) is 4.90 Å². The van der Waals surface area contributed by atoms with E-state index in [4.69, 9.17) is 0 Å². The van der Waals surface area contributed by atoms with E-state index >= 15 is 0 Å². The molecule has 9 heteroatoms. The summed E-state index contributed by atoms with van der Waals surface area (Å²) in [5.74, 6) is -0.341. The van der Waals surface area contributed by atoms with Gasteiger partial charge in [0.25, 0.3) is 11.4 Å². The van der Waals surface area contributed by atoms with Crippen molar-refractivity contribution in [2.75, 3.05) is 5.75 Å². The second-order valence-electron chi connectivity index (χ2n) is 4.17. The minimum Gasteiger partial charge on any atom is -0.258 e. The molecule has 1 aromatic carbocycles. The van der Waals surface area contributed by atoms with Gasteiger partial charge in [0, 0.05) is 12.1 Å². The minimum atomic E-state index is -4.07. The van der Waals surface area contributed by atoms with Crippen molar-refractivity contribution >= 4 is 21.2 Å². The fraction of sp³-hybridized carbons (Fsp3) is 0.455. The van der Waals surface area contributed by atoms with Crippen LogP contribution >= 0.6 is 0 Å². The van der Waals surface area contributed by atoms with Gasteiger partial charge in [-0.15, -0.1) is 0 Å². The highest BCUT2D eigenvalue weighted by molar-refractivity contribution is 7.91. The third kappa shape index (κ3) is 3.50. The lowest BCUT2D eigenvalue weighted by Gasteiger charge is -2.05. The third-order valence-electron chi connectivity index (χ3n) is 2.69. The van der Waals surface area contributed by atoms with Crippen molar-refractivity contribution in [1.82, 2.24) is 0 Å². The lowest BCUT2D eigenvalue weighted by molar-refractivity contribution is -0.399. The summed E-state index contributed by atoms with van der Waals surface area (Å²) in [5.41, 5.74) is -1.51. The Morgan fingerprint density at radius 2 is 1.55 bits per heavy atom. The van der Waals surface area contributed by atoms with E-state index in [1.165, 1.54) is 0 Å². The first-order valence-electron chi connectivity index (χ1n) is 5.95. The van der Waals surface area contributed by atoms with Gasteiger partial charge in [0.15, 0.2) is 9.84 Å². The highest BCUT2D eigenvalue weighted by Gasteiger charge is 2.34. The van der Waals surface area contributed by atoms with Crippen LogP contribution in [0.15, 0.2) is 23.1 Å². The zero-order chi connectivity index (χ0) is 15.3. The highest BCUT2D eigenvalue weighted by atomic mass is 32.2. The normalized spacial score (nSPS) is 11.2. The van der Waals surface area contributed by atoms with E-state index in [-0.39, 0.29) is 5.75 Å². The van der Waals surface area contributed by atoms with Crippen molar-refractivity contribution in [2.24, 2.45) is 0 Å². The lowest BCUT2D eigenvalue weighted by Crippen LogP contribution is -2.12. The maximum Gasteiger partial charge on any atom is 0.295 e. The quantitative estimate of drug-likeness (QED) is 0.433. The van der Waals surface area contributed by atoms with Crippen molar-refractivity contribution in [1.29, 1.82) is 0 Å². The number of nitrogens with zero attached hydrogens (tertiary/aromatic N) is 2. The van der Waals surface area contributed by atoms with Gasteiger partial charge in [-0.2, -0.15) is 0 Å². The summed E-state index contributed by atoms with van der Waals surface area (Å²) in [4.78, 5) is 19.1. The van der Waals surface area contributed by atoms with E-state index < -0.39 is 36.0 Å². The van der Waals surface area contributed by atoms with Crippen molar-refractivity contribution in [3.05, 3.63) is 38.4 Å². The van der Waals surface area contributed by atoms with Gasteiger partial charge in [-0.1, -0.05) is 19.8 Å². The molecule has 0 aromatic heterocycles. The average molecular weight is 302 g/mol. The molecule has 1 rings (SSSR count). The number of sulfone groups is 1. The number of nitro benzene ring substituents is 2. The molecule has 0 fully saturated rings. The predicted molar refractivity (Wildman–Crippen MR) is 71.3 cm³/mol. The Hall–Kier alpha value is -2.03. The first-order valence-corrected chi connectivity index (χ1v) is 7.61. The predicted octanol–water partition coefficient (Wildman–Crippen LogP) is 2.47. The van der Waals surface area contributed by atoms with Crippen LogP contribution in [0.2, 0.25) is 0 Å². The monoisotopic (exact) mass is 302 g/mol. The molecule has 1 aromatic rings. The van der Waals surface area contributed by atoms with Crippen LogP contribution in [0, 0.1) is 20.2 Å². The van der Waals surface area contributed by atoms with Gasteiger partial charge in [-0.05, 0) is 12.5 Å². The van der Waals surface area contributed by atoms with Gasteiger partial charge in [0.05, 0.1) is 15.6 Å². The maximum absolute atomic E-state index is 12.1. The van der Waals surface area contributed by atoms with E-state index in [1.807, 2.05) is 6.92 Å². The Morgan fingerprint density at radius 3 is 1.95 bits per heavy atom. The Bertz CT molecular complexity index is 594. The molecule has 8 nitrogen and oxygen atoms in total. The molecule has 20 heavy (non-hydrogen) atoms. The van der Waals surface area contributed by atoms with Crippen molar-refractivity contribution in [3.8, 4) is 0 Å². The van der Waals surface area contributed by atoms with Crippen LogP contribution in [-0.4, -0.2) is 24.0 Å². The van der Waals surface area contributed by atoms with Crippen molar-refractivity contribution in [2.45, 2.75) is 31.1 Å². The molecule has 0 saturated carbocycles. The molecule has 0 aliphatic carbocycles. The van der Waals surface area contributed by atoms with Gasteiger partial charge >= 0.3 is 0 Å². The fourth-order valence-electron chi connectivity index (χ4n) is 1.76. The van der Waals surface area contributed by atoms with Crippen molar-refractivity contribution < 1.29 is 18.3 Å². The smallest absolute Gasteiger partial charge is 0.258 e. The van der Waals surface area contributed by atoms with Crippen LogP contribution in [0.25, 0.3) is 0 Å². The Labute approximate surface area is 115 Å². The zero-order valence-corrected chi connectivity index (χ0v) is 11.6. The highest BCUT2D eigenvalue weighted by Crippen LogP contribution is 2.33. The van der Waals surface area contributed by atoms with E-state index in [2.05, 4.69) is 0 Å². The summed E-state index contributed by atoms with van der Waals surface area (Å²) in [6.07, 6.45) is 1.71. The van der Waals surface area contributed by atoms with E-state index in [0.29, 0.717) is 12.8 Å². The number of nitro groups is 2. The number of hydrogen-bond acceptors (Lipinski definition) is 6. The standard InChI is InChI=1S/C11H14N2O6S/c1-2-3-4-8-20(18,19)11-9(12(14)15)6-5-7-10(11)13(16)17/h5-7H,2-4,8H2,1H3. The van der Waals surface area contributed by atoms with Gasteiger partial charge in [0.1, 0.15) is 0 Å². The molecule has 0 N–H and O–H groups in total. The van der Waals surface area contributed by atoms with Crippen LogP contribution in [0.3, 0.4) is 0 Å². The molecule has 0 aliphatic rings. The van der Waals surface area contributed by atoms with Gasteiger partial charge in [-0.3, -0.25) is 20.2 Å². The Balaban J connectivity index is 3.40. The molecule has 0 saturated heterocycles. The van der Waals surface area contributed by atoms with E-state index in [0.717, 1.165) is 24.6 Å². The van der Waals surface area contributed by atoms with E-state index in [9.17, 15) is 28.6 Å². The SMILES string of the molecule is CCCCCS(=O)(=O)c1c([N+](=O)[O-])cccc1[N+](=O)[O-]. The first kappa shape index (κ1) is 16.0. The van der Waals surface area contributed by atoms with E-state index in [1.54, 1.807) is 0 Å². The second kappa shape index (κ2) is 6.42. The molecule has 0 aliphatic heterocycles. The van der Waals surface area contributed by atoms with Crippen molar-refractivity contribution in [3.63, 3.8) is 0 Å². The van der Waals surface area contributed by atoms with Gasteiger partial charge < -0.3 is 0 Å². The number of benzene rings is 1. The van der Waals surface area contributed by atoms with Crippen LogP contribution in [-0.2, 0) is 9.84 Å². The summed E-state index contributed by atoms with van der Waals surface area (Å²) in [6.45, 7) is 1.88. The summed E-state index contributed by atoms with van der Waals surface area (Å²) in [7, 11) is -4.07. The van der Waals surface area contributed by atoms with Crippen LogP contribution in [0.4, 0.5) is 11.4 Å². The Morgan fingerprint density at radius 1 is 1.05 bits per heavy atom. The largest absolute Gasteiger partial charge is 0.295 e. The molecule has 0 unspecified atom stereocenters. The zero-order valence-electron chi connectivity index (χ0n) is 10.8. The van der Waals surface area contributed by atoms with Crippen LogP contribution < -0.4 is 0 Å². The molecule has 0 spiro atoms. The molecule has 110 valence electrons. The molecule has 0 radical (unpaired) electrons. The summed E-state index contributed by atoms with van der Waals surface area (Å²) < 4.78 is 24.3. The third-order valence-corrected chi connectivity index (χ3v) is 4.56. The lowest BCUT2D eigenvalue weighted by atomic mass is 10.3. The maximum atomic E-state index is 12.1. The minimum absolute atomic E-state index is 0.308. The summed E-state index contributed by atoms with van der Waals surface area (Å²) >= 11 is 0. The second-order valence-corrected chi connectivity index (χ2v) is 6.21. The van der Waals surface area contributed by atoms with Gasteiger partial charge in [-0.25, -0.2) is 8.42 Å². The topological polar surface area (TPSA) is 120 Å². The summed E-state index contributed by atoms with van der Waals surface area (Å²) in [6, 6.07) is 3.01. The summed E-state index contributed by atoms with van der Waals surface area (Å²) in [5, 5.41) is 21.8. The molecule has 0 amide bonds. The average Bonchev–Trinajstić information content (AvgIpc) is 2.37. The molecular formula is C11H14N2O6S.